The Morgan fingerprint density at radius 1 is 0.500 bits per heavy atom. The molecule has 0 aromatic rings. The highest BCUT2D eigenvalue weighted by Crippen LogP contribution is 2.36. The Morgan fingerprint density at radius 2 is 0.917 bits per heavy atom. The molecule has 0 heterocycles. The molecule has 0 fully saturated rings. The molecule has 0 amide bonds. The van der Waals surface area contributed by atoms with Crippen molar-refractivity contribution < 1.29 is 19.6 Å². The van der Waals surface area contributed by atoms with Crippen molar-refractivity contribution in [2.24, 2.45) is 5.41 Å². The Balaban J connectivity index is 4.86. The van der Waals surface area contributed by atoms with E-state index in [2.05, 4.69) is 27.7 Å². The summed E-state index contributed by atoms with van der Waals surface area (Å²) in [6, 6.07) is 0. The molecule has 0 aromatic carbocycles. The first kappa shape index (κ1) is 23.8. The van der Waals surface area contributed by atoms with Crippen molar-refractivity contribution >= 4 is 0 Å². The summed E-state index contributed by atoms with van der Waals surface area (Å²) in [6.45, 7) is 24.8. The van der Waals surface area contributed by atoms with Crippen LogP contribution in [0.4, 0.5) is 0 Å². The molecule has 0 radical (unpaired) electrons. The lowest BCUT2D eigenvalue weighted by molar-refractivity contribution is -0.414. The quantitative estimate of drug-likeness (QED) is 0.385. The topological polar surface area (TPSA) is 36.9 Å². The number of rotatable bonds is 8. The van der Waals surface area contributed by atoms with Gasteiger partial charge in [-0.3, -0.25) is 0 Å². The van der Waals surface area contributed by atoms with E-state index in [-0.39, 0.29) is 22.2 Å². The SMILES string of the molecule is CC(C)(C)CC(C)(CCC(C)(C)OOC(C)(C)C)OOC(C)(C)C. The van der Waals surface area contributed by atoms with Gasteiger partial charge in [0.2, 0.25) is 0 Å². The van der Waals surface area contributed by atoms with Gasteiger partial charge in [0.25, 0.3) is 0 Å². The van der Waals surface area contributed by atoms with E-state index in [4.69, 9.17) is 19.6 Å². The molecule has 0 aliphatic heterocycles. The van der Waals surface area contributed by atoms with E-state index in [0.29, 0.717) is 0 Å². The van der Waals surface area contributed by atoms with E-state index in [9.17, 15) is 0 Å². The minimum Gasteiger partial charge on any atom is -0.230 e. The van der Waals surface area contributed by atoms with Crippen molar-refractivity contribution in [3.8, 4) is 0 Å². The Morgan fingerprint density at radius 3 is 1.29 bits per heavy atom. The van der Waals surface area contributed by atoms with Gasteiger partial charge in [0.15, 0.2) is 0 Å². The molecule has 0 spiro atoms. The summed E-state index contributed by atoms with van der Waals surface area (Å²) in [7, 11) is 0. The average molecular weight is 347 g/mol. The Labute approximate surface area is 150 Å². The van der Waals surface area contributed by atoms with Crippen molar-refractivity contribution in [2.75, 3.05) is 0 Å². The second-order valence-electron chi connectivity index (χ2n) is 11.0. The molecular formula is C20H42O4. The van der Waals surface area contributed by atoms with E-state index in [1.807, 2.05) is 55.4 Å². The first-order valence-corrected chi connectivity index (χ1v) is 9.06. The fourth-order valence-corrected chi connectivity index (χ4v) is 2.35. The minimum atomic E-state index is -0.391. The zero-order chi connectivity index (χ0) is 19.4. The lowest BCUT2D eigenvalue weighted by Gasteiger charge is -2.38. The van der Waals surface area contributed by atoms with E-state index < -0.39 is 5.60 Å². The van der Waals surface area contributed by atoms with Crippen LogP contribution in [-0.2, 0) is 19.6 Å². The molecule has 0 saturated heterocycles. The number of hydrogen-bond acceptors (Lipinski definition) is 4. The van der Waals surface area contributed by atoms with E-state index in [0.717, 1.165) is 19.3 Å². The summed E-state index contributed by atoms with van der Waals surface area (Å²) in [6.07, 6.45) is 2.52. The fraction of sp³-hybridized carbons (Fsp3) is 1.00. The molecule has 0 bridgehead atoms. The Hall–Kier alpha value is -0.160. The summed E-state index contributed by atoms with van der Waals surface area (Å²) in [5.74, 6) is 0. The molecule has 0 rings (SSSR count). The van der Waals surface area contributed by atoms with Crippen LogP contribution in [0.5, 0.6) is 0 Å². The van der Waals surface area contributed by atoms with Crippen LogP contribution >= 0.6 is 0 Å². The fourth-order valence-electron chi connectivity index (χ4n) is 2.35. The average Bonchev–Trinajstić information content (AvgIpc) is 2.29. The van der Waals surface area contributed by atoms with Gasteiger partial charge in [-0.25, -0.2) is 19.6 Å². The molecule has 4 heteroatoms. The van der Waals surface area contributed by atoms with Gasteiger partial charge in [-0.15, -0.1) is 0 Å². The zero-order valence-electron chi connectivity index (χ0n) is 18.3. The third kappa shape index (κ3) is 13.2. The summed E-state index contributed by atoms with van der Waals surface area (Å²) >= 11 is 0. The van der Waals surface area contributed by atoms with Crippen LogP contribution in [-0.4, -0.2) is 22.4 Å². The van der Waals surface area contributed by atoms with Gasteiger partial charge in [0.05, 0.1) is 16.8 Å². The van der Waals surface area contributed by atoms with E-state index >= 15 is 0 Å². The second kappa shape index (κ2) is 8.03. The van der Waals surface area contributed by atoms with Crippen LogP contribution in [0.25, 0.3) is 0 Å². The molecule has 0 saturated carbocycles. The molecule has 0 aliphatic rings. The van der Waals surface area contributed by atoms with Gasteiger partial charge in [-0.1, -0.05) is 20.8 Å². The zero-order valence-corrected chi connectivity index (χ0v) is 18.3. The highest BCUT2D eigenvalue weighted by atomic mass is 17.2. The van der Waals surface area contributed by atoms with Gasteiger partial charge in [0.1, 0.15) is 5.60 Å². The predicted octanol–water partition coefficient (Wildman–Crippen LogP) is 6.23. The highest BCUT2D eigenvalue weighted by Gasteiger charge is 2.36. The van der Waals surface area contributed by atoms with Gasteiger partial charge < -0.3 is 0 Å². The normalized spacial score (nSPS) is 17.0. The second-order valence-corrected chi connectivity index (χ2v) is 11.0. The first-order valence-electron chi connectivity index (χ1n) is 9.06. The molecule has 0 aromatic heterocycles. The third-order valence-electron chi connectivity index (χ3n) is 3.17. The van der Waals surface area contributed by atoms with E-state index in [1.165, 1.54) is 0 Å². The van der Waals surface area contributed by atoms with Crippen LogP contribution in [0.3, 0.4) is 0 Å². The lowest BCUT2D eigenvalue weighted by Crippen LogP contribution is -2.39. The van der Waals surface area contributed by atoms with Crippen molar-refractivity contribution in [1.29, 1.82) is 0 Å². The van der Waals surface area contributed by atoms with Crippen LogP contribution in [0.1, 0.15) is 102 Å². The number of hydrogen-bond donors (Lipinski definition) is 0. The lowest BCUT2D eigenvalue weighted by atomic mass is 9.79. The summed E-state index contributed by atoms with van der Waals surface area (Å²) in [5.41, 5.74) is -1.29. The summed E-state index contributed by atoms with van der Waals surface area (Å²) in [5, 5.41) is 0. The molecule has 0 N–H and O–H groups in total. The summed E-state index contributed by atoms with van der Waals surface area (Å²) < 4.78 is 0. The van der Waals surface area contributed by atoms with E-state index in [1.54, 1.807) is 0 Å². The molecule has 0 aliphatic carbocycles. The predicted molar refractivity (Wildman–Crippen MR) is 99.6 cm³/mol. The molecule has 146 valence electrons. The van der Waals surface area contributed by atoms with Crippen LogP contribution < -0.4 is 0 Å². The molecular weight excluding hydrogens is 304 g/mol. The molecule has 24 heavy (non-hydrogen) atoms. The largest absolute Gasteiger partial charge is 0.230 e. The maximum Gasteiger partial charge on any atom is 0.101 e. The van der Waals surface area contributed by atoms with Crippen LogP contribution in [0.2, 0.25) is 0 Å². The summed E-state index contributed by atoms with van der Waals surface area (Å²) in [4.78, 5) is 22.7. The van der Waals surface area contributed by atoms with Crippen molar-refractivity contribution in [2.45, 2.75) is 125 Å². The van der Waals surface area contributed by atoms with Crippen molar-refractivity contribution in [1.82, 2.24) is 0 Å². The van der Waals surface area contributed by atoms with Gasteiger partial charge >= 0.3 is 0 Å². The standard InChI is InChI=1S/C20H42O4/c1-16(2,3)15-20(12,24-22-18(7,8)9)14-13-19(10,11)23-21-17(4,5)6/h13-15H2,1-12H3. The maximum atomic E-state index is 5.91. The van der Waals surface area contributed by atoms with Gasteiger partial charge in [0, 0.05) is 0 Å². The molecule has 1 unspecified atom stereocenters. The molecule has 4 nitrogen and oxygen atoms in total. The monoisotopic (exact) mass is 346 g/mol. The van der Waals surface area contributed by atoms with Gasteiger partial charge in [-0.05, 0) is 87.0 Å². The maximum absolute atomic E-state index is 5.91. The third-order valence-corrected chi connectivity index (χ3v) is 3.17. The Kier molecular flexibility index (Phi) is 7.97. The van der Waals surface area contributed by atoms with Crippen LogP contribution in [0.15, 0.2) is 0 Å². The first-order chi connectivity index (χ1) is 10.3. The smallest absolute Gasteiger partial charge is 0.101 e. The van der Waals surface area contributed by atoms with Crippen molar-refractivity contribution in [3.63, 3.8) is 0 Å². The van der Waals surface area contributed by atoms with Gasteiger partial charge in [-0.2, -0.15) is 0 Å². The van der Waals surface area contributed by atoms with Crippen LogP contribution in [0, 0.1) is 5.41 Å². The van der Waals surface area contributed by atoms with Crippen molar-refractivity contribution in [3.05, 3.63) is 0 Å². The minimum absolute atomic E-state index is 0.142. The molecule has 1 atom stereocenters. The Bertz CT molecular complexity index is 369. The highest BCUT2D eigenvalue weighted by molar-refractivity contribution is 4.84.